The van der Waals surface area contributed by atoms with Gasteiger partial charge in [-0.2, -0.15) is 0 Å². The molecule has 0 N–H and O–H groups in total. The Morgan fingerprint density at radius 1 is 0.917 bits per heavy atom. The zero-order chi connectivity index (χ0) is 18.1. The van der Waals surface area contributed by atoms with E-state index in [0.717, 1.165) is 19.3 Å². The van der Waals surface area contributed by atoms with Crippen molar-refractivity contribution in [3.8, 4) is 0 Å². The fraction of sp³-hybridized carbons (Fsp3) is 0.889. The molecule has 0 radical (unpaired) electrons. The van der Waals surface area contributed by atoms with Crippen LogP contribution in [0, 0.1) is 23.7 Å². The van der Waals surface area contributed by atoms with Gasteiger partial charge in [-0.1, -0.05) is 50.9 Å². The van der Waals surface area contributed by atoms with E-state index in [9.17, 15) is 9.59 Å². The van der Waals surface area contributed by atoms with E-state index in [1.165, 1.54) is 5.01 Å². The normalized spacial score (nSPS) is 29.2. The Kier molecular flexibility index (Phi) is 6.46. The minimum Gasteiger partial charge on any atom is -0.273 e. The minimum atomic E-state index is -1.45. The average Bonchev–Trinajstić information content (AvgIpc) is 2.74. The van der Waals surface area contributed by atoms with Crippen LogP contribution in [0.5, 0.6) is 0 Å². The predicted octanol–water partition coefficient (Wildman–Crippen LogP) is 4.25. The molecule has 0 aromatic heterocycles. The van der Waals surface area contributed by atoms with Crippen molar-refractivity contribution < 1.29 is 9.59 Å². The van der Waals surface area contributed by atoms with E-state index in [1.54, 1.807) is 5.01 Å². The van der Waals surface area contributed by atoms with Gasteiger partial charge in [0.2, 0.25) is 5.91 Å². The summed E-state index contributed by atoms with van der Waals surface area (Å²) < 4.78 is -1.45. The molecular formula is C18H30Cl2N2O2. The quantitative estimate of drug-likeness (QED) is 0.690. The SMILES string of the molecule is CC(C)C1CCC(=O)N(N2CCC(C(C)C)CC(Cl)(Cl)C2=O)CC1. The highest BCUT2D eigenvalue weighted by Crippen LogP contribution is 2.39. The summed E-state index contributed by atoms with van der Waals surface area (Å²) in [4.78, 5) is 25.5. The standard InChI is InChI=1S/C18H30Cl2N2O2/c1-12(2)14-5-6-16(23)21(9-7-14)22-10-8-15(13(3)4)11-18(19,20)17(22)24/h12-15H,5-11H2,1-4H3. The van der Waals surface area contributed by atoms with Crippen molar-refractivity contribution in [2.24, 2.45) is 23.7 Å². The molecule has 0 aliphatic carbocycles. The van der Waals surface area contributed by atoms with E-state index in [4.69, 9.17) is 23.2 Å². The Morgan fingerprint density at radius 2 is 1.46 bits per heavy atom. The third kappa shape index (κ3) is 4.37. The molecule has 2 rings (SSSR count). The lowest BCUT2D eigenvalue weighted by Crippen LogP contribution is -2.53. The van der Waals surface area contributed by atoms with Crippen LogP contribution in [0.1, 0.15) is 59.8 Å². The van der Waals surface area contributed by atoms with Crippen LogP contribution in [0.25, 0.3) is 0 Å². The number of amides is 2. The van der Waals surface area contributed by atoms with E-state index in [2.05, 4.69) is 27.7 Å². The van der Waals surface area contributed by atoms with Gasteiger partial charge in [-0.25, -0.2) is 5.01 Å². The first-order valence-corrected chi connectivity index (χ1v) is 9.89. The highest BCUT2D eigenvalue weighted by molar-refractivity contribution is 6.58. The second kappa shape index (κ2) is 7.82. The molecule has 2 unspecified atom stereocenters. The number of hydrogen-bond donors (Lipinski definition) is 0. The average molecular weight is 377 g/mol. The number of carbonyl (C=O) groups is 2. The van der Waals surface area contributed by atoms with Crippen LogP contribution in [0.2, 0.25) is 0 Å². The molecule has 138 valence electrons. The number of rotatable bonds is 3. The summed E-state index contributed by atoms with van der Waals surface area (Å²) in [5.74, 6) is 1.41. The summed E-state index contributed by atoms with van der Waals surface area (Å²) in [6.45, 7) is 9.72. The van der Waals surface area contributed by atoms with Crippen molar-refractivity contribution in [2.45, 2.75) is 64.1 Å². The number of nitrogens with zero attached hydrogens (tertiary/aromatic N) is 2. The van der Waals surface area contributed by atoms with Crippen LogP contribution >= 0.6 is 23.2 Å². The van der Waals surface area contributed by atoms with Gasteiger partial charge in [0.15, 0.2) is 4.33 Å². The molecule has 0 aromatic rings. The summed E-state index contributed by atoms with van der Waals surface area (Å²) in [6.07, 6.45) is 3.55. The largest absolute Gasteiger partial charge is 0.277 e. The summed E-state index contributed by atoms with van der Waals surface area (Å²) in [7, 11) is 0. The first-order chi connectivity index (χ1) is 11.1. The zero-order valence-corrected chi connectivity index (χ0v) is 16.7. The maximum atomic E-state index is 12.9. The van der Waals surface area contributed by atoms with Gasteiger partial charge in [-0.05, 0) is 49.4 Å². The first-order valence-electron chi connectivity index (χ1n) is 9.13. The topological polar surface area (TPSA) is 40.6 Å². The molecule has 0 spiro atoms. The number of halogens is 2. The van der Waals surface area contributed by atoms with Crippen LogP contribution in [0.3, 0.4) is 0 Å². The lowest BCUT2D eigenvalue weighted by atomic mass is 9.89. The molecule has 2 aliphatic heterocycles. The van der Waals surface area contributed by atoms with Gasteiger partial charge in [0.25, 0.3) is 5.91 Å². The molecule has 2 saturated heterocycles. The van der Waals surface area contributed by atoms with Gasteiger partial charge in [-0.3, -0.25) is 14.6 Å². The van der Waals surface area contributed by atoms with Crippen molar-refractivity contribution in [1.29, 1.82) is 0 Å². The smallest absolute Gasteiger partial charge is 0.273 e. The predicted molar refractivity (Wildman–Crippen MR) is 97.6 cm³/mol. The summed E-state index contributed by atoms with van der Waals surface area (Å²) >= 11 is 12.8. The van der Waals surface area contributed by atoms with Gasteiger partial charge < -0.3 is 0 Å². The Balaban J connectivity index is 2.19. The van der Waals surface area contributed by atoms with Crippen LogP contribution in [-0.4, -0.2) is 39.3 Å². The van der Waals surface area contributed by atoms with Gasteiger partial charge in [0, 0.05) is 19.5 Å². The lowest BCUT2D eigenvalue weighted by molar-refractivity contribution is -0.163. The molecule has 2 aliphatic rings. The third-order valence-electron chi connectivity index (χ3n) is 5.68. The van der Waals surface area contributed by atoms with Crippen LogP contribution < -0.4 is 0 Å². The molecule has 2 heterocycles. The van der Waals surface area contributed by atoms with Crippen LogP contribution in [0.4, 0.5) is 0 Å². The minimum absolute atomic E-state index is 0.0126. The lowest BCUT2D eigenvalue weighted by Gasteiger charge is -2.35. The molecule has 2 amide bonds. The second-order valence-corrected chi connectivity index (χ2v) is 9.46. The molecule has 2 fully saturated rings. The van der Waals surface area contributed by atoms with E-state index < -0.39 is 4.33 Å². The fourth-order valence-electron chi connectivity index (χ4n) is 3.81. The van der Waals surface area contributed by atoms with Crippen LogP contribution in [0.15, 0.2) is 0 Å². The highest BCUT2D eigenvalue weighted by atomic mass is 35.5. The summed E-state index contributed by atoms with van der Waals surface area (Å²) in [5.41, 5.74) is 0. The molecule has 0 bridgehead atoms. The fourth-order valence-corrected chi connectivity index (χ4v) is 4.41. The molecule has 4 nitrogen and oxygen atoms in total. The Labute approximate surface area is 155 Å². The van der Waals surface area contributed by atoms with E-state index in [-0.39, 0.29) is 17.7 Å². The molecular weight excluding hydrogens is 347 g/mol. The Hall–Kier alpha value is -0.480. The zero-order valence-electron chi connectivity index (χ0n) is 15.2. The first kappa shape index (κ1) is 19.8. The van der Waals surface area contributed by atoms with Crippen molar-refractivity contribution in [1.82, 2.24) is 10.0 Å². The molecule has 2 atom stereocenters. The van der Waals surface area contributed by atoms with E-state index in [1.807, 2.05) is 0 Å². The Bertz CT molecular complexity index is 480. The summed E-state index contributed by atoms with van der Waals surface area (Å²) in [6, 6.07) is 0. The van der Waals surface area contributed by atoms with Gasteiger partial charge in [0.1, 0.15) is 0 Å². The maximum Gasteiger partial charge on any atom is 0.277 e. The van der Waals surface area contributed by atoms with Crippen molar-refractivity contribution in [2.75, 3.05) is 13.1 Å². The maximum absolute atomic E-state index is 12.9. The van der Waals surface area contributed by atoms with Crippen molar-refractivity contribution in [3.05, 3.63) is 0 Å². The monoisotopic (exact) mass is 376 g/mol. The van der Waals surface area contributed by atoms with Gasteiger partial charge >= 0.3 is 0 Å². The summed E-state index contributed by atoms with van der Waals surface area (Å²) in [5, 5.41) is 3.15. The number of hydrogen-bond acceptors (Lipinski definition) is 2. The molecule has 0 saturated carbocycles. The van der Waals surface area contributed by atoms with Gasteiger partial charge in [-0.15, -0.1) is 0 Å². The highest BCUT2D eigenvalue weighted by Gasteiger charge is 2.45. The van der Waals surface area contributed by atoms with E-state index >= 15 is 0 Å². The Morgan fingerprint density at radius 3 is 2.04 bits per heavy atom. The molecule has 24 heavy (non-hydrogen) atoms. The molecule has 0 aromatic carbocycles. The van der Waals surface area contributed by atoms with Crippen molar-refractivity contribution in [3.63, 3.8) is 0 Å². The number of carbonyl (C=O) groups excluding carboxylic acids is 2. The second-order valence-electron chi connectivity index (χ2n) is 7.98. The van der Waals surface area contributed by atoms with Crippen molar-refractivity contribution >= 4 is 35.0 Å². The number of alkyl halides is 2. The molecule has 6 heteroatoms. The number of hydrazine groups is 1. The van der Waals surface area contributed by atoms with E-state index in [0.29, 0.717) is 43.7 Å². The van der Waals surface area contributed by atoms with Gasteiger partial charge in [0.05, 0.1) is 0 Å². The van der Waals surface area contributed by atoms with Crippen LogP contribution in [-0.2, 0) is 9.59 Å². The third-order valence-corrected chi connectivity index (χ3v) is 6.32.